The van der Waals surface area contributed by atoms with Gasteiger partial charge in [0.25, 0.3) is 0 Å². The lowest BCUT2D eigenvalue weighted by molar-refractivity contribution is -0.873. The lowest BCUT2D eigenvalue weighted by Crippen LogP contribution is -3.00. The van der Waals surface area contributed by atoms with Crippen LogP contribution in [0.3, 0.4) is 0 Å². The van der Waals surface area contributed by atoms with Gasteiger partial charge in [-0.1, -0.05) is 0 Å². The van der Waals surface area contributed by atoms with E-state index >= 15 is 0 Å². The molecule has 0 saturated carbocycles. The van der Waals surface area contributed by atoms with E-state index in [-0.39, 0.29) is 31.2 Å². The highest BCUT2D eigenvalue weighted by molar-refractivity contribution is 4.95. The highest BCUT2D eigenvalue weighted by atomic mass is 35.5. The average Bonchev–Trinajstić information content (AvgIpc) is 2.35. The number of ether oxygens (including phenoxy) is 2. The first-order valence-corrected chi connectivity index (χ1v) is 7.38. The molecule has 134 valence electrons. The van der Waals surface area contributed by atoms with Crippen LogP contribution in [0.4, 0.5) is 0 Å². The van der Waals surface area contributed by atoms with Gasteiger partial charge in [0.15, 0.2) is 0 Å². The number of rotatable bonds is 7. The summed E-state index contributed by atoms with van der Waals surface area (Å²) >= 11 is 0. The molecular formula is C14H31ClN2O5. The van der Waals surface area contributed by atoms with Crippen molar-refractivity contribution >= 4 is 0 Å². The molecule has 0 aromatic rings. The number of aliphatic hydroxyl groups is 3. The van der Waals surface area contributed by atoms with Gasteiger partial charge in [0.2, 0.25) is 0 Å². The molecule has 0 aromatic carbocycles. The van der Waals surface area contributed by atoms with E-state index in [9.17, 15) is 15.3 Å². The molecule has 4 N–H and O–H groups in total. The standard InChI is InChI=1S/C14H31N2O5.ClH/c1-9-12(15-6-10(18)7-16(2,3)4)13(19)14(20-5)11(8-17)21-9;/h9-15,17-19H,6-8H2,1-5H3;1H/q+1;/p-1. The summed E-state index contributed by atoms with van der Waals surface area (Å²) in [4.78, 5) is 0. The Hall–Kier alpha value is 0.01000. The fraction of sp³-hybridized carbons (Fsp3) is 1.00. The molecule has 0 aromatic heterocycles. The number of hydrogen-bond donors (Lipinski definition) is 4. The van der Waals surface area contributed by atoms with Gasteiger partial charge in [-0.25, -0.2) is 0 Å². The minimum absolute atomic E-state index is 0. The third-order valence-corrected chi connectivity index (χ3v) is 3.77. The average molecular weight is 343 g/mol. The molecule has 6 atom stereocenters. The lowest BCUT2D eigenvalue weighted by atomic mass is 9.93. The Labute approximate surface area is 139 Å². The molecule has 1 heterocycles. The molecule has 0 spiro atoms. The van der Waals surface area contributed by atoms with Crippen LogP contribution in [0, 0.1) is 0 Å². The number of methoxy groups -OCH3 is 1. The maximum atomic E-state index is 10.4. The van der Waals surface area contributed by atoms with E-state index in [0.717, 1.165) is 0 Å². The van der Waals surface area contributed by atoms with Crippen molar-refractivity contribution in [1.29, 1.82) is 0 Å². The molecule has 0 amide bonds. The maximum Gasteiger partial charge on any atom is 0.115 e. The zero-order valence-electron chi connectivity index (χ0n) is 14.1. The second-order valence-electron chi connectivity index (χ2n) is 6.81. The molecule has 1 aliphatic rings. The third kappa shape index (κ3) is 6.25. The van der Waals surface area contributed by atoms with Crippen LogP contribution in [0.15, 0.2) is 0 Å². The van der Waals surface area contributed by atoms with Crippen molar-refractivity contribution in [2.24, 2.45) is 0 Å². The summed E-state index contributed by atoms with van der Waals surface area (Å²) in [6, 6.07) is -0.347. The highest BCUT2D eigenvalue weighted by Crippen LogP contribution is 2.22. The SMILES string of the molecule is COC1C(CO)OC(C)C(NCC(O)C[N+](C)(C)C)C1O.[Cl-]. The Morgan fingerprint density at radius 3 is 2.36 bits per heavy atom. The molecule has 1 aliphatic heterocycles. The Morgan fingerprint density at radius 1 is 1.32 bits per heavy atom. The van der Waals surface area contributed by atoms with Crippen molar-refractivity contribution in [3.8, 4) is 0 Å². The van der Waals surface area contributed by atoms with Crippen LogP contribution in [0.5, 0.6) is 0 Å². The maximum absolute atomic E-state index is 10.4. The molecule has 7 nitrogen and oxygen atoms in total. The first-order chi connectivity index (χ1) is 9.69. The molecule has 0 radical (unpaired) electrons. The van der Waals surface area contributed by atoms with Crippen LogP contribution in [0.25, 0.3) is 0 Å². The first-order valence-electron chi connectivity index (χ1n) is 7.38. The molecule has 8 heteroatoms. The van der Waals surface area contributed by atoms with E-state index in [4.69, 9.17) is 9.47 Å². The summed E-state index contributed by atoms with van der Waals surface area (Å²) in [7, 11) is 7.52. The van der Waals surface area contributed by atoms with E-state index in [1.54, 1.807) is 0 Å². The Kier molecular flexibility index (Phi) is 9.35. The Balaban J connectivity index is 0.00000441. The van der Waals surface area contributed by atoms with E-state index in [2.05, 4.69) is 5.32 Å². The lowest BCUT2D eigenvalue weighted by Gasteiger charge is -2.43. The smallest absolute Gasteiger partial charge is 0.115 e. The fourth-order valence-electron chi connectivity index (χ4n) is 2.83. The first kappa shape index (κ1) is 22.0. The number of halogens is 1. The normalized spacial score (nSPS) is 34.1. The van der Waals surface area contributed by atoms with Crippen molar-refractivity contribution in [3.05, 3.63) is 0 Å². The summed E-state index contributed by atoms with van der Waals surface area (Å²) < 4.78 is 11.6. The number of nitrogens with one attached hydrogen (secondary N) is 1. The van der Waals surface area contributed by atoms with Crippen LogP contribution >= 0.6 is 0 Å². The van der Waals surface area contributed by atoms with Crippen molar-refractivity contribution in [2.75, 3.05) is 47.9 Å². The quantitative estimate of drug-likeness (QED) is 0.347. The van der Waals surface area contributed by atoms with Gasteiger partial charge in [-0.3, -0.25) is 0 Å². The van der Waals surface area contributed by atoms with E-state index < -0.39 is 24.4 Å². The van der Waals surface area contributed by atoms with E-state index in [1.807, 2.05) is 28.1 Å². The van der Waals surface area contributed by atoms with Gasteiger partial charge >= 0.3 is 0 Å². The van der Waals surface area contributed by atoms with Gasteiger partial charge in [0, 0.05) is 13.7 Å². The van der Waals surface area contributed by atoms with Gasteiger partial charge < -0.3 is 47.0 Å². The number of hydrogen-bond acceptors (Lipinski definition) is 6. The predicted octanol–water partition coefficient (Wildman–Crippen LogP) is -4.83. The summed E-state index contributed by atoms with van der Waals surface area (Å²) in [5.74, 6) is 0. The zero-order chi connectivity index (χ0) is 16.2. The largest absolute Gasteiger partial charge is 1.00 e. The summed E-state index contributed by atoms with van der Waals surface area (Å²) in [6.07, 6.45) is -2.71. The van der Waals surface area contributed by atoms with Crippen molar-refractivity contribution in [3.63, 3.8) is 0 Å². The zero-order valence-corrected chi connectivity index (χ0v) is 14.8. The molecule has 1 fully saturated rings. The van der Waals surface area contributed by atoms with E-state index in [0.29, 0.717) is 17.6 Å². The number of aliphatic hydroxyl groups excluding tert-OH is 3. The van der Waals surface area contributed by atoms with Gasteiger partial charge in [-0.15, -0.1) is 0 Å². The third-order valence-electron chi connectivity index (χ3n) is 3.77. The number of nitrogens with zero attached hydrogens (tertiary/aromatic N) is 1. The number of quaternary nitrogens is 1. The molecule has 0 bridgehead atoms. The topological polar surface area (TPSA) is 91.2 Å². The van der Waals surface area contributed by atoms with Gasteiger partial charge in [-0.05, 0) is 6.92 Å². The Bertz CT molecular complexity index is 316. The van der Waals surface area contributed by atoms with Crippen molar-refractivity contribution in [2.45, 2.75) is 43.5 Å². The van der Waals surface area contributed by atoms with Crippen molar-refractivity contribution in [1.82, 2.24) is 5.32 Å². The van der Waals surface area contributed by atoms with Crippen LogP contribution in [-0.2, 0) is 9.47 Å². The summed E-state index contributed by atoms with van der Waals surface area (Å²) in [5, 5.41) is 32.9. The summed E-state index contributed by atoms with van der Waals surface area (Å²) in [6.45, 7) is 2.61. The molecule has 0 aliphatic carbocycles. The second kappa shape index (κ2) is 9.34. The van der Waals surface area contributed by atoms with Gasteiger partial charge in [0.05, 0.1) is 39.9 Å². The van der Waals surface area contributed by atoms with Crippen molar-refractivity contribution < 1.29 is 41.7 Å². The molecule has 22 heavy (non-hydrogen) atoms. The van der Waals surface area contributed by atoms with Crippen LogP contribution in [0.2, 0.25) is 0 Å². The van der Waals surface area contributed by atoms with Crippen LogP contribution in [0.1, 0.15) is 6.92 Å². The minimum atomic E-state index is -0.799. The molecule has 1 rings (SSSR count). The van der Waals surface area contributed by atoms with Crippen LogP contribution < -0.4 is 17.7 Å². The van der Waals surface area contributed by atoms with Crippen LogP contribution in [-0.4, -0.2) is 104 Å². The van der Waals surface area contributed by atoms with E-state index in [1.165, 1.54) is 7.11 Å². The second-order valence-corrected chi connectivity index (χ2v) is 6.81. The Morgan fingerprint density at radius 2 is 1.91 bits per heavy atom. The minimum Gasteiger partial charge on any atom is -1.00 e. The highest BCUT2D eigenvalue weighted by Gasteiger charge is 2.43. The fourth-order valence-corrected chi connectivity index (χ4v) is 2.83. The number of likely N-dealkylation sites (N-methyl/N-ethyl adjacent to an activating group) is 1. The predicted molar refractivity (Wildman–Crippen MR) is 78.9 cm³/mol. The monoisotopic (exact) mass is 342 g/mol. The van der Waals surface area contributed by atoms with Gasteiger partial charge in [-0.2, -0.15) is 0 Å². The molecule has 1 saturated heterocycles. The summed E-state index contributed by atoms with van der Waals surface area (Å²) in [5.41, 5.74) is 0. The molecular weight excluding hydrogens is 312 g/mol. The molecule has 6 unspecified atom stereocenters. The van der Waals surface area contributed by atoms with Gasteiger partial charge in [0.1, 0.15) is 31.0 Å².